The topological polar surface area (TPSA) is 86.8 Å². The van der Waals surface area contributed by atoms with Gasteiger partial charge in [0, 0.05) is 24.5 Å². The van der Waals surface area contributed by atoms with Crippen LogP contribution in [-0.4, -0.2) is 35.4 Å². The average molecular weight is 264 g/mol. The molecular weight excluding hydrogens is 244 g/mol. The Balaban J connectivity index is 2.12. The molecule has 4 N–H and O–H groups in total. The van der Waals surface area contributed by atoms with Crippen LogP contribution in [0.4, 0.5) is 11.4 Å². The van der Waals surface area contributed by atoms with Crippen molar-refractivity contribution >= 4 is 17.3 Å². The van der Waals surface area contributed by atoms with Crippen LogP contribution in [0.25, 0.3) is 0 Å². The van der Waals surface area contributed by atoms with Gasteiger partial charge in [-0.3, -0.25) is 0 Å². The molecule has 104 valence electrons. The van der Waals surface area contributed by atoms with E-state index in [1.54, 1.807) is 12.1 Å². The lowest BCUT2D eigenvalue weighted by atomic mass is 9.92. The van der Waals surface area contributed by atoms with Gasteiger partial charge in [-0.1, -0.05) is 0 Å². The third-order valence-corrected chi connectivity index (χ3v) is 3.85. The maximum Gasteiger partial charge on any atom is 0.337 e. The fourth-order valence-electron chi connectivity index (χ4n) is 2.57. The largest absolute Gasteiger partial charge is 0.478 e. The van der Waals surface area contributed by atoms with Crippen LogP contribution in [0.15, 0.2) is 18.2 Å². The normalized spacial score (nSPS) is 18.3. The van der Waals surface area contributed by atoms with E-state index < -0.39 is 5.97 Å². The Labute approximate surface area is 112 Å². The van der Waals surface area contributed by atoms with Crippen molar-refractivity contribution in [3.8, 4) is 0 Å². The molecule has 1 fully saturated rings. The number of rotatable bonds is 3. The predicted octanol–water partition coefficient (Wildman–Crippen LogP) is 1.56. The summed E-state index contributed by atoms with van der Waals surface area (Å²) >= 11 is 0. The Hall–Kier alpha value is -1.75. The van der Waals surface area contributed by atoms with E-state index in [1.165, 1.54) is 0 Å². The first-order chi connectivity index (χ1) is 8.99. The van der Waals surface area contributed by atoms with Gasteiger partial charge in [0.05, 0.1) is 11.7 Å². The summed E-state index contributed by atoms with van der Waals surface area (Å²) in [4.78, 5) is 13.2. The molecule has 0 spiro atoms. The maximum atomic E-state index is 11.1. The van der Waals surface area contributed by atoms with Crippen LogP contribution in [-0.2, 0) is 0 Å². The van der Waals surface area contributed by atoms with Crippen molar-refractivity contribution in [2.45, 2.75) is 25.9 Å². The zero-order valence-corrected chi connectivity index (χ0v) is 11.0. The molecule has 0 bridgehead atoms. The third-order valence-electron chi connectivity index (χ3n) is 3.85. The van der Waals surface area contributed by atoms with Gasteiger partial charge in [-0.25, -0.2) is 4.79 Å². The van der Waals surface area contributed by atoms with Crippen molar-refractivity contribution < 1.29 is 15.0 Å². The van der Waals surface area contributed by atoms with Gasteiger partial charge >= 0.3 is 5.97 Å². The number of aliphatic hydroxyl groups excluding tert-OH is 1. The third kappa shape index (κ3) is 2.98. The maximum absolute atomic E-state index is 11.1. The summed E-state index contributed by atoms with van der Waals surface area (Å²) in [6.45, 7) is 3.49. The molecule has 1 aromatic rings. The number of nitrogen functional groups attached to an aromatic ring is 1. The second-order valence-corrected chi connectivity index (χ2v) is 5.14. The lowest BCUT2D eigenvalue weighted by Crippen LogP contribution is -2.37. The molecule has 0 saturated carbocycles. The second kappa shape index (κ2) is 5.48. The molecular formula is C14H20N2O3. The number of anilines is 2. The number of carbonyl (C=O) groups is 1. The van der Waals surface area contributed by atoms with E-state index in [9.17, 15) is 9.90 Å². The summed E-state index contributed by atoms with van der Waals surface area (Å²) in [7, 11) is 0. The van der Waals surface area contributed by atoms with E-state index in [4.69, 9.17) is 10.8 Å². The standard InChI is InChI=1S/C14H20N2O3/c1-9(17)10-4-6-16(7-5-10)11-2-3-13(15)12(8-11)14(18)19/h2-3,8-10,17H,4-7,15H2,1H3,(H,18,19). The van der Waals surface area contributed by atoms with Gasteiger partial charge in [-0.2, -0.15) is 0 Å². The van der Waals surface area contributed by atoms with Crippen LogP contribution < -0.4 is 10.6 Å². The Morgan fingerprint density at radius 2 is 2.05 bits per heavy atom. The average Bonchev–Trinajstić information content (AvgIpc) is 2.39. The van der Waals surface area contributed by atoms with E-state index >= 15 is 0 Å². The quantitative estimate of drug-likeness (QED) is 0.721. The van der Waals surface area contributed by atoms with Crippen molar-refractivity contribution in [3.05, 3.63) is 23.8 Å². The molecule has 1 atom stereocenters. The van der Waals surface area contributed by atoms with Gasteiger partial charge in [0.15, 0.2) is 0 Å². The van der Waals surface area contributed by atoms with Crippen LogP contribution in [0.2, 0.25) is 0 Å². The number of aliphatic hydroxyl groups is 1. The highest BCUT2D eigenvalue weighted by Gasteiger charge is 2.23. The highest BCUT2D eigenvalue weighted by molar-refractivity contribution is 5.94. The molecule has 0 amide bonds. The summed E-state index contributed by atoms with van der Waals surface area (Å²) in [6, 6.07) is 5.12. The molecule has 0 aromatic heterocycles. The number of nitrogens with two attached hydrogens (primary N) is 1. The first-order valence-corrected chi connectivity index (χ1v) is 6.55. The molecule has 19 heavy (non-hydrogen) atoms. The first kappa shape index (κ1) is 13.7. The van der Waals surface area contributed by atoms with Crippen LogP contribution in [0.3, 0.4) is 0 Å². The van der Waals surface area contributed by atoms with Crippen LogP contribution >= 0.6 is 0 Å². The van der Waals surface area contributed by atoms with E-state index in [1.807, 2.05) is 13.0 Å². The van der Waals surface area contributed by atoms with Gasteiger partial charge in [0.25, 0.3) is 0 Å². The molecule has 5 nitrogen and oxygen atoms in total. The van der Waals surface area contributed by atoms with Gasteiger partial charge in [-0.15, -0.1) is 0 Å². The van der Waals surface area contributed by atoms with Crippen LogP contribution in [0, 0.1) is 5.92 Å². The fraction of sp³-hybridized carbons (Fsp3) is 0.500. The molecule has 1 saturated heterocycles. The highest BCUT2D eigenvalue weighted by atomic mass is 16.4. The molecule has 1 aliphatic heterocycles. The van der Waals surface area contributed by atoms with E-state index in [0.29, 0.717) is 5.92 Å². The number of piperidine rings is 1. The minimum atomic E-state index is -1.00. The van der Waals surface area contributed by atoms with E-state index in [0.717, 1.165) is 31.6 Å². The monoisotopic (exact) mass is 264 g/mol. The van der Waals surface area contributed by atoms with Crippen molar-refractivity contribution in [2.75, 3.05) is 23.7 Å². The van der Waals surface area contributed by atoms with Crippen molar-refractivity contribution in [3.63, 3.8) is 0 Å². The summed E-state index contributed by atoms with van der Waals surface area (Å²) in [5.41, 5.74) is 6.97. The number of carboxylic acid groups (broad SMARTS) is 1. The van der Waals surface area contributed by atoms with Gasteiger partial charge in [0.2, 0.25) is 0 Å². The molecule has 0 aliphatic carbocycles. The SMILES string of the molecule is CC(O)C1CCN(c2ccc(N)c(C(=O)O)c2)CC1. The van der Waals surface area contributed by atoms with E-state index in [2.05, 4.69) is 4.90 Å². The number of carboxylic acids is 1. The molecule has 1 aliphatic rings. The number of benzene rings is 1. The Kier molecular flexibility index (Phi) is 3.95. The smallest absolute Gasteiger partial charge is 0.337 e. The van der Waals surface area contributed by atoms with Crippen molar-refractivity contribution in [1.82, 2.24) is 0 Å². The van der Waals surface area contributed by atoms with Gasteiger partial charge in [0.1, 0.15) is 0 Å². The Bertz CT molecular complexity index is 466. The molecule has 1 unspecified atom stereocenters. The van der Waals surface area contributed by atoms with Gasteiger partial charge in [-0.05, 0) is 43.9 Å². The molecule has 5 heteroatoms. The molecule has 2 rings (SSSR count). The summed E-state index contributed by atoms with van der Waals surface area (Å²) in [5, 5.41) is 18.6. The first-order valence-electron chi connectivity index (χ1n) is 6.55. The lowest BCUT2D eigenvalue weighted by Gasteiger charge is -2.35. The van der Waals surface area contributed by atoms with Crippen LogP contribution in [0.5, 0.6) is 0 Å². The summed E-state index contributed by atoms with van der Waals surface area (Å²) in [5.74, 6) is -0.665. The minimum absolute atomic E-state index is 0.148. The number of hydrogen-bond donors (Lipinski definition) is 3. The zero-order chi connectivity index (χ0) is 14.0. The minimum Gasteiger partial charge on any atom is -0.478 e. The lowest BCUT2D eigenvalue weighted by molar-refractivity contribution is 0.0698. The fourth-order valence-corrected chi connectivity index (χ4v) is 2.57. The number of aromatic carboxylic acids is 1. The molecule has 0 radical (unpaired) electrons. The summed E-state index contributed by atoms with van der Waals surface area (Å²) < 4.78 is 0. The predicted molar refractivity (Wildman–Crippen MR) is 74.4 cm³/mol. The van der Waals surface area contributed by atoms with E-state index in [-0.39, 0.29) is 17.4 Å². The Morgan fingerprint density at radius 3 is 2.58 bits per heavy atom. The Morgan fingerprint density at radius 1 is 1.42 bits per heavy atom. The molecule has 1 heterocycles. The second-order valence-electron chi connectivity index (χ2n) is 5.14. The number of hydrogen-bond acceptors (Lipinski definition) is 4. The summed E-state index contributed by atoms with van der Waals surface area (Å²) in [6.07, 6.45) is 1.57. The zero-order valence-electron chi connectivity index (χ0n) is 11.0. The highest BCUT2D eigenvalue weighted by Crippen LogP contribution is 2.27. The molecule has 1 aromatic carbocycles. The number of nitrogens with zero attached hydrogens (tertiary/aromatic N) is 1. The van der Waals surface area contributed by atoms with Gasteiger partial charge < -0.3 is 20.8 Å². The van der Waals surface area contributed by atoms with Crippen LogP contribution in [0.1, 0.15) is 30.1 Å². The van der Waals surface area contributed by atoms with Crippen molar-refractivity contribution in [2.24, 2.45) is 5.92 Å². The van der Waals surface area contributed by atoms with Crippen molar-refractivity contribution in [1.29, 1.82) is 0 Å².